The third kappa shape index (κ3) is 3.65. The maximum Gasteiger partial charge on any atom is 0.169 e. The van der Waals surface area contributed by atoms with E-state index in [-0.39, 0.29) is 24.0 Å². The highest BCUT2D eigenvalue weighted by Gasteiger charge is 2.07. The Bertz CT molecular complexity index is 632. The number of pyridine rings is 1. The molecule has 0 bridgehead atoms. The van der Waals surface area contributed by atoms with Crippen molar-refractivity contribution in [1.82, 2.24) is 10.2 Å². The lowest BCUT2D eigenvalue weighted by Gasteiger charge is -1.95. The molecule has 0 saturated heterocycles. The summed E-state index contributed by atoms with van der Waals surface area (Å²) >= 11 is 2.15. The van der Waals surface area contributed by atoms with Crippen LogP contribution >= 0.6 is 22.6 Å². The quantitative estimate of drug-likeness (QED) is 0.300. The number of para-hydroxylation sites is 1. The standard InChI is InChI=1S/C13H11N3.CH3I.HI/c1-16-8-6-10(7-9-16)13-11-4-2-3-5-12(11)14-15-13;1-2;/h2-9H,1H3;1H3;1H. The largest absolute Gasteiger partial charge is 1.00 e. The van der Waals surface area contributed by atoms with Crippen LogP contribution in [-0.4, -0.2) is 15.1 Å². The highest BCUT2D eigenvalue weighted by atomic mass is 127. The minimum absolute atomic E-state index is 0. The molecule has 3 rings (SSSR count). The van der Waals surface area contributed by atoms with Gasteiger partial charge in [-0.25, -0.2) is 4.57 Å². The van der Waals surface area contributed by atoms with Gasteiger partial charge >= 0.3 is 0 Å². The van der Waals surface area contributed by atoms with Gasteiger partial charge in [0.15, 0.2) is 12.4 Å². The Labute approximate surface area is 143 Å². The molecular weight excluding hydrogens is 464 g/mol. The molecule has 0 spiro atoms. The lowest BCUT2D eigenvalue weighted by atomic mass is 10.1. The topological polar surface area (TPSA) is 32.6 Å². The minimum Gasteiger partial charge on any atom is -1.00 e. The maximum atomic E-state index is 4.36. The van der Waals surface area contributed by atoms with E-state index in [0.29, 0.717) is 0 Å². The van der Waals surface area contributed by atoms with E-state index in [1.165, 1.54) is 0 Å². The van der Waals surface area contributed by atoms with Crippen molar-refractivity contribution in [3.8, 4) is 11.3 Å². The van der Waals surface area contributed by atoms with E-state index in [4.69, 9.17) is 0 Å². The molecule has 3 aromatic rings. The Morgan fingerprint density at radius 3 is 2.37 bits per heavy atom. The van der Waals surface area contributed by atoms with Gasteiger partial charge in [-0.2, -0.15) is 5.10 Å². The van der Waals surface area contributed by atoms with E-state index in [2.05, 4.69) is 51.0 Å². The van der Waals surface area contributed by atoms with Crippen molar-refractivity contribution in [2.24, 2.45) is 7.05 Å². The fourth-order valence-electron chi connectivity index (χ4n) is 1.84. The summed E-state index contributed by atoms with van der Waals surface area (Å²) in [7, 11) is 2.01. The van der Waals surface area contributed by atoms with Crippen molar-refractivity contribution in [2.45, 2.75) is 0 Å². The summed E-state index contributed by atoms with van der Waals surface area (Å²) in [5.41, 5.74) is 3.22. The summed E-state index contributed by atoms with van der Waals surface area (Å²) in [6.07, 6.45) is 4.05. The number of benzene rings is 1. The van der Waals surface area contributed by atoms with Crippen LogP contribution in [0.5, 0.6) is 0 Å². The molecule has 0 unspecified atom stereocenters. The van der Waals surface area contributed by atoms with Gasteiger partial charge in [-0.15, -0.1) is 0 Å². The number of H-pyrrole nitrogens is 1. The SMILES string of the molecule is CI.C[n+]1ccc(-c2n[nH]c3ccccc23)cc1.[I-]. The Balaban J connectivity index is 0.000000576. The minimum atomic E-state index is 0. The molecule has 0 amide bonds. The van der Waals surface area contributed by atoms with Gasteiger partial charge in [0.25, 0.3) is 0 Å². The van der Waals surface area contributed by atoms with Crippen LogP contribution < -0.4 is 28.5 Å². The average Bonchev–Trinajstić information content (AvgIpc) is 2.86. The van der Waals surface area contributed by atoms with Crippen molar-refractivity contribution < 1.29 is 28.5 Å². The van der Waals surface area contributed by atoms with Crippen molar-refractivity contribution in [3.63, 3.8) is 0 Å². The number of alkyl halides is 1. The van der Waals surface area contributed by atoms with E-state index in [1.807, 2.05) is 47.1 Å². The van der Waals surface area contributed by atoms with E-state index >= 15 is 0 Å². The van der Waals surface area contributed by atoms with Gasteiger partial charge in [0.2, 0.25) is 0 Å². The van der Waals surface area contributed by atoms with Crippen molar-refractivity contribution in [2.75, 3.05) is 4.93 Å². The number of nitrogens with one attached hydrogen (secondary N) is 1. The Kier molecular flexibility index (Phi) is 6.70. The number of rotatable bonds is 1. The zero-order valence-corrected chi connectivity index (χ0v) is 15.1. The third-order valence-electron chi connectivity index (χ3n) is 2.72. The summed E-state index contributed by atoms with van der Waals surface area (Å²) in [5, 5.41) is 8.57. The predicted molar refractivity (Wildman–Crippen MR) is 82.6 cm³/mol. The first-order valence-electron chi connectivity index (χ1n) is 5.61. The van der Waals surface area contributed by atoms with Crippen LogP contribution in [0.1, 0.15) is 0 Å². The number of aryl methyl sites for hydroxylation is 1. The van der Waals surface area contributed by atoms with Gasteiger partial charge in [-0.3, -0.25) is 5.10 Å². The predicted octanol–water partition coefficient (Wildman–Crippen LogP) is 0.110. The van der Waals surface area contributed by atoms with Crippen LogP contribution in [0, 0.1) is 0 Å². The summed E-state index contributed by atoms with van der Waals surface area (Å²) in [6, 6.07) is 12.3. The molecule has 100 valence electrons. The van der Waals surface area contributed by atoms with Gasteiger partial charge in [0.1, 0.15) is 12.7 Å². The molecule has 2 heterocycles. The number of aromatic nitrogens is 3. The molecular formula is C14H15I2N3. The monoisotopic (exact) mass is 479 g/mol. The average molecular weight is 479 g/mol. The fraction of sp³-hybridized carbons (Fsp3) is 0.143. The summed E-state index contributed by atoms with van der Waals surface area (Å²) in [4.78, 5) is 1.97. The lowest BCUT2D eigenvalue weighted by Crippen LogP contribution is -3.00. The molecule has 0 saturated carbocycles. The van der Waals surface area contributed by atoms with Crippen LogP contribution in [0.3, 0.4) is 0 Å². The molecule has 0 aliphatic rings. The van der Waals surface area contributed by atoms with Gasteiger partial charge in [0.05, 0.1) is 5.52 Å². The van der Waals surface area contributed by atoms with Crippen molar-refractivity contribution >= 4 is 33.5 Å². The highest BCUT2D eigenvalue weighted by molar-refractivity contribution is 14.1. The molecule has 0 aliphatic carbocycles. The Morgan fingerprint density at radius 2 is 1.68 bits per heavy atom. The van der Waals surface area contributed by atoms with E-state index < -0.39 is 0 Å². The number of hydrogen-bond donors (Lipinski definition) is 1. The molecule has 19 heavy (non-hydrogen) atoms. The summed E-state index contributed by atoms with van der Waals surface area (Å²) in [5.74, 6) is 0. The Morgan fingerprint density at radius 1 is 1.05 bits per heavy atom. The summed E-state index contributed by atoms with van der Waals surface area (Å²) < 4.78 is 2.01. The number of aromatic amines is 1. The Hall–Kier alpha value is -0.700. The smallest absolute Gasteiger partial charge is 0.169 e. The van der Waals surface area contributed by atoms with Crippen LogP contribution in [0.15, 0.2) is 48.8 Å². The molecule has 0 fully saturated rings. The normalized spacial score (nSPS) is 9.42. The number of halogens is 2. The number of nitrogens with zero attached hydrogens (tertiary/aromatic N) is 2. The fourth-order valence-corrected chi connectivity index (χ4v) is 1.84. The molecule has 5 heteroatoms. The molecule has 3 nitrogen and oxygen atoms in total. The van der Waals surface area contributed by atoms with Crippen LogP contribution in [0.2, 0.25) is 0 Å². The van der Waals surface area contributed by atoms with E-state index in [0.717, 1.165) is 22.2 Å². The molecule has 0 aliphatic heterocycles. The molecule has 1 aromatic carbocycles. The second-order valence-electron chi connectivity index (χ2n) is 3.87. The van der Waals surface area contributed by atoms with Crippen molar-refractivity contribution in [3.05, 3.63) is 48.8 Å². The van der Waals surface area contributed by atoms with Gasteiger partial charge in [-0.1, -0.05) is 40.8 Å². The number of fused-ring (bicyclic) bond motifs is 1. The van der Waals surface area contributed by atoms with Crippen molar-refractivity contribution in [1.29, 1.82) is 0 Å². The molecule has 0 radical (unpaired) electrons. The van der Waals surface area contributed by atoms with E-state index in [9.17, 15) is 0 Å². The second-order valence-corrected chi connectivity index (χ2v) is 3.87. The number of hydrogen-bond acceptors (Lipinski definition) is 1. The first kappa shape index (κ1) is 16.4. The zero-order valence-electron chi connectivity index (χ0n) is 10.8. The third-order valence-corrected chi connectivity index (χ3v) is 2.72. The zero-order chi connectivity index (χ0) is 13.0. The maximum absolute atomic E-state index is 4.36. The lowest BCUT2D eigenvalue weighted by molar-refractivity contribution is -0.671. The van der Waals surface area contributed by atoms with Crippen LogP contribution in [0.25, 0.3) is 22.2 Å². The first-order chi connectivity index (χ1) is 8.84. The van der Waals surface area contributed by atoms with Crippen LogP contribution in [-0.2, 0) is 7.05 Å². The van der Waals surface area contributed by atoms with Gasteiger partial charge in [0, 0.05) is 23.1 Å². The molecule has 0 atom stereocenters. The van der Waals surface area contributed by atoms with E-state index in [1.54, 1.807) is 0 Å². The molecule has 2 aromatic heterocycles. The highest BCUT2D eigenvalue weighted by Crippen LogP contribution is 2.24. The second kappa shape index (κ2) is 7.78. The first-order valence-corrected chi connectivity index (χ1v) is 7.77. The van der Waals surface area contributed by atoms with Gasteiger partial charge in [-0.05, 0) is 11.0 Å². The van der Waals surface area contributed by atoms with Gasteiger partial charge < -0.3 is 24.0 Å². The molecule has 1 N–H and O–H groups in total. The van der Waals surface area contributed by atoms with Crippen LogP contribution in [0.4, 0.5) is 0 Å². The summed E-state index contributed by atoms with van der Waals surface area (Å²) in [6.45, 7) is 0.